The van der Waals surface area contributed by atoms with Gasteiger partial charge in [-0.3, -0.25) is 13.9 Å². The van der Waals surface area contributed by atoms with Crippen molar-refractivity contribution in [3.63, 3.8) is 0 Å². The second kappa shape index (κ2) is 12.4. The summed E-state index contributed by atoms with van der Waals surface area (Å²) >= 11 is 3.40. The summed E-state index contributed by atoms with van der Waals surface area (Å²) in [6.07, 6.45) is 2.86. The summed E-state index contributed by atoms with van der Waals surface area (Å²) in [5, 5.41) is 2.87. The number of aryl methyl sites for hydroxylation is 2. The number of nitrogens with one attached hydrogen (secondary N) is 1. The predicted octanol–water partition coefficient (Wildman–Crippen LogP) is 4.17. The van der Waals surface area contributed by atoms with E-state index in [1.54, 1.807) is 19.1 Å². The summed E-state index contributed by atoms with van der Waals surface area (Å²) in [4.78, 5) is 27.8. The van der Waals surface area contributed by atoms with Gasteiger partial charge in [-0.25, -0.2) is 8.42 Å². The number of hydrogen-bond donors (Lipinski definition) is 1. The zero-order valence-corrected chi connectivity index (χ0v) is 22.9. The third kappa shape index (κ3) is 8.13. The Morgan fingerprint density at radius 3 is 2.18 bits per heavy atom. The fourth-order valence-electron chi connectivity index (χ4n) is 3.61. The van der Waals surface area contributed by atoms with Crippen LogP contribution in [0.3, 0.4) is 0 Å². The Bertz CT molecular complexity index is 1080. The molecule has 2 amide bonds. The average molecular weight is 553 g/mol. The van der Waals surface area contributed by atoms with E-state index in [1.807, 2.05) is 51.1 Å². The van der Waals surface area contributed by atoms with E-state index in [9.17, 15) is 18.0 Å². The van der Waals surface area contributed by atoms with Crippen LogP contribution in [0.4, 0.5) is 5.69 Å². The van der Waals surface area contributed by atoms with Crippen LogP contribution in [0.2, 0.25) is 0 Å². The van der Waals surface area contributed by atoms with Gasteiger partial charge in [-0.2, -0.15) is 0 Å². The first kappa shape index (κ1) is 27.9. The number of sulfonamides is 1. The van der Waals surface area contributed by atoms with Crippen molar-refractivity contribution >= 4 is 43.5 Å². The standard InChI is InChI=1S/C25H34BrN3O4S/c1-6-7-12-27-25(31)20(4)28(16-21-8-10-22(26)11-9-21)24(30)17-29(34(5,32)33)23-14-18(2)13-19(3)15-23/h8-11,13-15,20H,6-7,12,16-17H2,1-5H3,(H,27,31). The molecule has 1 unspecified atom stereocenters. The van der Waals surface area contributed by atoms with E-state index >= 15 is 0 Å². The van der Waals surface area contributed by atoms with Crippen LogP contribution in [0.5, 0.6) is 0 Å². The highest BCUT2D eigenvalue weighted by molar-refractivity contribution is 9.10. The minimum atomic E-state index is -3.74. The summed E-state index contributed by atoms with van der Waals surface area (Å²) in [6.45, 7) is 7.76. The van der Waals surface area contributed by atoms with Gasteiger partial charge in [0.25, 0.3) is 0 Å². The molecule has 0 aliphatic heterocycles. The van der Waals surface area contributed by atoms with E-state index in [0.29, 0.717) is 12.2 Å². The number of benzene rings is 2. The molecule has 0 aromatic heterocycles. The first-order valence-corrected chi connectivity index (χ1v) is 13.9. The molecule has 1 atom stereocenters. The van der Waals surface area contributed by atoms with Crippen molar-refractivity contribution in [1.82, 2.24) is 10.2 Å². The fraction of sp³-hybridized carbons (Fsp3) is 0.440. The fourth-order valence-corrected chi connectivity index (χ4v) is 4.71. The first-order chi connectivity index (χ1) is 15.9. The molecule has 0 fully saturated rings. The Morgan fingerprint density at radius 1 is 1.06 bits per heavy atom. The van der Waals surface area contributed by atoms with Gasteiger partial charge in [0.05, 0.1) is 11.9 Å². The molecule has 0 saturated carbocycles. The van der Waals surface area contributed by atoms with Crippen LogP contribution in [0, 0.1) is 13.8 Å². The summed E-state index contributed by atoms with van der Waals surface area (Å²) in [5.41, 5.74) is 3.05. The van der Waals surface area contributed by atoms with Crippen LogP contribution in [-0.4, -0.2) is 50.5 Å². The lowest BCUT2D eigenvalue weighted by Gasteiger charge is -2.31. The zero-order chi connectivity index (χ0) is 25.5. The van der Waals surface area contributed by atoms with Crippen molar-refractivity contribution < 1.29 is 18.0 Å². The molecule has 0 spiro atoms. The zero-order valence-electron chi connectivity index (χ0n) is 20.5. The third-order valence-electron chi connectivity index (χ3n) is 5.44. The molecule has 7 nitrogen and oxygen atoms in total. The first-order valence-electron chi connectivity index (χ1n) is 11.3. The van der Waals surface area contributed by atoms with E-state index < -0.39 is 28.5 Å². The van der Waals surface area contributed by atoms with Gasteiger partial charge in [0.2, 0.25) is 21.8 Å². The summed E-state index contributed by atoms with van der Waals surface area (Å²) in [7, 11) is -3.74. The lowest BCUT2D eigenvalue weighted by atomic mass is 10.1. The van der Waals surface area contributed by atoms with Crippen molar-refractivity contribution in [2.45, 2.75) is 53.1 Å². The number of carbonyl (C=O) groups excluding carboxylic acids is 2. The highest BCUT2D eigenvalue weighted by Gasteiger charge is 2.30. The van der Waals surface area contributed by atoms with Gasteiger partial charge < -0.3 is 10.2 Å². The number of halogens is 1. The molecule has 0 aliphatic rings. The van der Waals surface area contributed by atoms with Crippen LogP contribution in [-0.2, 0) is 26.2 Å². The van der Waals surface area contributed by atoms with E-state index in [1.165, 1.54) is 4.90 Å². The van der Waals surface area contributed by atoms with E-state index in [4.69, 9.17) is 0 Å². The molecule has 0 aliphatic carbocycles. The quantitative estimate of drug-likeness (QED) is 0.424. The molecule has 2 rings (SSSR count). The minimum Gasteiger partial charge on any atom is -0.354 e. The molecule has 0 bridgehead atoms. The SMILES string of the molecule is CCCCNC(=O)C(C)N(Cc1ccc(Br)cc1)C(=O)CN(c1cc(C)cc(C)c1)S(C)(=O)=O. The van der Waals surface area contributed by atoms with Gasteiger partial charge in [-0.15, -0.1) is 0 Å². The summed E-state index contributed by atoms with van der Waals surface area (Å²) in [5.74, 6) is -0.720. The van der Waals surface area contributed by atoms with Crippen LogP contribution in [0.1, 0.15) is 43.4 Å². The maximum atomic E-state index is 13.5. The smallest absolute Gasteiger partial charge is 0.244 e. The van der Waals surface area contributed by atoms with Crippen LogP contribution in [0.25, 0.3) is 0 Å². The number of anilines is 1. The molecule has 2 aromatic carbocycles. The molecule has 0 radical (unpaired) electrons. The van der Waals surface area contributed by atoms with Crippen molar-refractivity contribution in [1.29, 1.82) is 0 Å². The number of carbonyl (C=O) groups is 2. The van der Waals surface area contributed by atoms with Crippen LogP contribution < -0.4 is 9.62 Å². The van der Waals surface area contributed by atoms with E-state index in [2.05, 4.69) is 21.2 Å². The Hall–Kier alpha value is -2.39. The van der Waals surface area contributed by atoms with Crippen LogP contribution in [0.15, 0.2) is 46.9 Å². The minimum absolute atomic E-state index is 0.179. The number of hydrogen-bond acceptors (Lipinski definition) is 4. The molecule has 2 aromatic rings. The van der Waals surface area contributed by atoms with Gasteiger partial charge in [-0.1, -0.05) is 47.5 Å². The molecule has 9 heteroatoms. The van der Waals surface area contributed by atoms with Gasteiger partial charge in [0.15, 0.2) is 0 Å². The monoisotopic (exact) mass is 551 g/mol. The normalized spacial score (nSPS) is 12.2. The topological polar surface area (TPSA) is 86.8 Å². The van der Waals surface area contributed by atoms with Crippen molar-refractivity contribution in [2.75, 3.05) is 23.7 Å². The molecule has 34 heavy (non-hydrogen) atoms. The molecular formula is C25H34BrN3O4S. The Labute approximate surface area is 211 Å². The lowest BCUT2D eigenvalue weighted by Crippen LogP contribution is -2.51. The Morgan fingerprint density at radius 2 is 1.65 bits per heavy atom. The number of unbranched alkanes of at least 4 members (excludes halogenated alkanes) is 1. The maximum Gasteiger partial charge on any atom is 0.244 e. The number of rotatable bonds is 11. The second-order valence-corrected chi connectivity index (χ2v) is 11.4. The Kier molecular flexibility index (Phi) is 10.1. The molecule has 186 valence electrons. The predicted molar refractivity (Wildman–Crippen MR) is 140 cm³/mol. The summed E-state index contributed by atoms with van der Waals surface area (Å²) in [6, 6.07) is 12.1. The van der Waals surface area contributed by atoms with Gasteiger partial charge >= 0.3 is 0 Å². The van der Waals surface area contributed by atoms with Crippen LogP contribution >= 0.6 is 15.9 Å². The highest BCUT2D eigenvalue weighted by Crippen LogP contribution is 2.22. The maximum absolute atomic E-state index is 13.5. The van der Waals surface area contributed by atoms with E-state index in [0.717, 1.165) is 44.6 Å². The summed E-state index contributed by atoms with van der Waals surface area (Å²) < 4.78 is 27.3. The lowest BCUT2D eigenvalue weighted by molar-refractivity contribution is -0.139. The van der Waals surface area contributed by atoms with Gasteiger partial charge in [0, 0.05) is 17.6 Å². The largest absolute Gasteiger partial charge is 0.354 e. The van der Waals surface area contributed by atoms with Gasteiger partial charge in [0.1, 0.15) is 12.6 Å². The van der Waals surface area contributed by atoms with Gasteiger partial charge in [-0.05, 0) is 68.1 Å². The number of amides is 2. The Balaban J connectivity index is 2.37. The molecule has 1 N–H and O–H groups in total. The number of nitrogens with zero attached hydrogens (tertiary/aromatic N) is 2. The van der Waals surface area contributed by atoms with Crippen molar-refractivity contribution in [3.05, 3.63) is 63.6 Å². The average Bonchev–Trinajstić information content (AvgIpc) is 2.75. The van der Waals surface area contributed by atoms with Crippen molar-refractivity contribution in [2.24, 2.45) is 0 Å². The molecule has 0 heterocycles. The van der Waals surface area contributed by atoms with E-state index in [-0.39, 0.29) is 12.5 Å². The molecule has 0 saturated heterocycles. The second-order valence-electron chi connectivity index (χ2n) is 8.58. The highest BCUT2D eigenvalue weighted by atomic mass is 79.9. The van der Waals surface area contributed by atoms with Crippen molar-refractivity contribution in [3.8, 4) is 0 Å². The molecular weight excluding hydrogens is 518 g/mol. The third-order valence-corrected chi connectivity index (χ3v) is 7.11.